The fourth-order valence-corrected chi connectivity index (χ4v) is 3.40. The predicted molar refractivity (Wildman–Crippen MR) is 93.7 cm³/mol. The van der Waals surface area contributed by atoms with E-state index in [0.717, 1.165) is 0 Å². The van der Waals surface area contributed by atoms with E-state index in [1.54, 1.807) is 35.0 Å². The Hall–Kier alpha value is -3.09. The number of fused-ring (bicyclic) bond motifs is 2. The number of halogens is 1. The van der Waals surface area contributed by atoms with Crippen molar-refractivity contribution in [3.63, 3.8) is 0 Å². The number of carbonyl (C=O) groups is 2. The minimum Gasteiger partial charge on any atom is -0.486 e. The maximum Gasteiger partial charge on any atom is 0.322 e. The fraction of sp³-hybridized carbons (Fsp3) is 0.263. The van der Waals surface area contributed by atoms with Gasteiger partial charge in [0.15, 0.2) is 0 Å². The number of benzene rings is 2. The van der Waals surface area contributed by atoms with E-state index in [1.807, 2.05) is 6.07 Å². The van der Waals surface area contributed by atoms with Gasteiger partial charge in [0.25, 0.3) is 5.91 Å². The Kier molecular flexibility index (Phi) is 3.99. The largest absolute Gasteiger partial charge is 0.486 e. The molecule has 0 saturated carbocycles. The maximum absolute atomic E-state index is 13.0. The van der Waals surface area contributed by atoms with Crippen LogP contribution in [-0.4, -0.2) is 54.0 Å². The molecule has 1 saturated heterocycles. The Labute approximate surface area is 150 Å². The minimum absolute atomic E-state index is 0.117. The first-order chi connectivity index (χ1) is 12.5. The number of amides is 3. The third-order valence-corrected chi connectivity index (χ3v) is 4.83. The summed E-state index contributed by atoms with van der Waals surface area (Å²) < 4.78 is 19.0. The molecule has 0 radical (unpaired) electrons. The summed E-state index contributed by atoms with van der Waals surface area (Å²) in [5, 5.41) is 2.74. The van der Waals surface area contributed by atoms with Crippen LogP contribution in [0.2, 0.25) is 0 Å². The molecule has 0 unspecified atom stereocenters. The first-order valence-corrected chi connectivity index (χ1v) is 8.37. The molecule has 134 valence electrons. The molecule has 4 rings (SSSR count). The number of urea groups is 1. The fourth-order valence-electron chi connectivity index (χ4n) is 3.40. The Balaban J connectivity index is 1.51. The predicted octanol–water partition coefficient (Wildman–Crippen LogP) is 2.58. The van der Waals surface area contributed by atoms with Gasteiger partial charge in [-0.05, 0) is 36.4 Å². The second-order valence-corrected chi connectivity index (χ2v) is 6.48. The molecule has 26 heavy (non-hydrogen) atoms. The Morgan fingerprint density at radius 2 is 1.88 bits per heavy atom. The molecule has 2 heterocycles. The molecule has 0 spiro atoms. The number of likely N-dealkylation sites (tertiary alicyclic amines) is 1. The molecule has 3 amide bonds. The van der Waals surface area contributed by atoms with E-state index in [9.17, 15) is 14.0 Å². The molecular weight excluding hydrogens is 337 g/mol. The zero-order valence-electron chi connectivity index (χ0n) is 14.2. The van der Waals surface area contributed by atoms with E-state index in [-0.39, 0.29) is 29.9 Å². The lowest BCUT2D eigenvalue weighted by atomic mass is 10.1. The number of nitrogens with zero attached hydrogens (tertiary/aromatic N) is 2. The number of para-hydroxylation sites is 1. The van der Waals surface area contributed by atoms with Gasteiger partial charge in [0, 0.05) is 19.3 Å². The molecule has 6 nitrogen and oxygen atoms in total. The van der Waals surface area contributed by atoms with Gasteiger partial charge in [-0.3, -0.25) is 4.79 Å². The van der Waals surface area contributed by atoms with Crippen LogP contribution in [0.5, 0.6) is 5.75 Å². The smallest absolute Gasteiger partial charge is 0.322 e. The second-order valence-electron chi connectivity index (χ2n) is 6.48. The van der Waals surface area contributed by atoms with E-state index < -0.39 is 0 Å². The Morgan fingerprint density at radius 1 is 1.15 bits per heavy atom. The van der Waals surface area contributed by atoms with Crippen molar-refractivity contribution in [1.29, 1.82) is 0 Å². The molecule has 2 aliphatic rings. The van der Waals surface area contributed by atoms with Crippen LogP contribution in [-0.2, 0) is 0 Å². The summed E-state index contributed by atoms with van der Waals surface area (Å²) in [7, 11) is 1.73. The standard InChI is InChI=1S/C19H18FN3O3/c1-22-15-10-23(19(25)21-13-8-6-12(20)7-9-13)11-17(15)26-16-5-3-2-4-14(16)18(22)24/h2-9,15,17H,10-11H2,1H3,(H,21,25)/t15-,17+/m1/s1. The number of anilines is 1. The first-order valence-electron chi connectivity index (χ1n) is 8.37. The Bertz CT molecular complexity index is 855. The van der Waals surface area contributed by atoms with Crippen LogP contribution >= 0.6 is 0 Å². The summed E-state index contributed by atoms with van der Waals surface area (Å²) in [6.45, 7) is 0.734. The third-order valence-electron chi connectivity index (χ3n) is 4.83. The van der Waals surface area contributed by atoms with Gasteiger partial charge in [0.2, 0.25) is 0 Å². The summed E-state index contributed by atoms with van der Waals surface area (Å²) in [6.07, 6.45) is -0.299. The molecule has 0 aromatic heterocycles. The van der Waals surface area contributed by atoms with Crippen LogP contribution in [0, 0.1) is 5.82 Å². The van der Waals surface area contributed by atoms with Gasteiger partial charge in [-0.1, -0.05) is 12.1 Å². The molecule has 2 aromatic carbocycles. The average Bonchev–Trinajstić information content (AvgIpc) is 3.03. The highest BCUT2D eigenvalue weighted by molar-refractivity contribution is 5.97. The number of rotatable bonds is 1. The molecule has 1 fully saturated rings. The van der Waals surface area contributed by atoms with Crippen LogP contribution in [0.25, 0.3) is 0 Å². The van der Waals surface area contributed by atoms with E-state index in [2.05, 4.69) is 5.32 Å². The molecule has 2 atom stereocenters. The van der Waals surface area contributed by atoms with Crippen molar-refractivity contribution in [1.82, 2.24) is 9.80 Å². The SMILES string of the molecule is CN1C(=O)c2ccccc2O[C@H]2CN(C(=O)Nc3ccc(F)cc3)C[C@H]21. The number of likely N-dealkylation sites (N-methyl/N-ethyl adjacent to an activating group) is 1. The van der Waals surface area contributed by atoms with Crippen molar-refractivity contribution < 1.29 is 18.7 Å². The summed E-state index contributed by atoms with van der Waals surface area (Å²) >= 11 is 0. The average molecular weight is 355 g/mol. The summed E-state index contributed by atoms with van der Waals surface area (Å²) in [5.41, 5.74) is 1.05. The summed E-state index contributed by atoms with van der Waals surface area (Å²) in [5.74, 6) is 0.0604. The monoisotopic (exact) mass is 355 g/mol. The first kappa shape index (κ1) is 16.4. The van der Waals surface area contributed by atoms with Crippen molar-refractivity contribution in [3.8, 4) is 5.75 Å². The van der Waals surface area contributed by atoms with Gasteiger partial charge in [-0.25, -0.2) is 9.18 Å². The van der Waals surface area contributed by atoms with Gasteiger partial charge < -0.3 is 19.9 Å². The normalized spacial score (nSPS) is 21.5. The van der Waals surface area contributed by atoms with Crippen LogP contribution in [0.3, 0.4) is 0 Å². The van der Waals surface area contributed by atoms with Gasteiger partial charge in [0.05, 0.1) is 18.2 Å². The molecule has 2 aromatic rings. The second kappa shape index (κ2) is 6.33. The lowest BCUT2D eigenvalue weighted by Gasteiger charge is -2.25. The molecule has 1 N–H and O–H groups in total. The number of carbonyl (C=O) groups excluding carboxylic acids is 2. The third kappa shape index (κ3) is 2.85. The van der Waals surface area contributed by atoms with Gasteiger partial charge in [-0.15, -0.1) is 0 Å². The van der Waals surface area contributed by atoms with E-state index in [1.165, 1.54) is 24.3 Å². The van der Waals surface area contributed by atoms with E-state index >= 15 is 0 Å². The molecule has 7 heteroatoms. The van der Waals surface area contributed by atoms with Gasteiger partial charge in [-0.2, -0.15) is 0 Å². The Morgan fingerprint density at radius 3 is 2.65 bits per heavy atom. The molecule has 2 aliphatic heterocycles. The zero-order valence-corrected chi connectivity index (χ0v) is 14.2. The van der Waals surface area contributed by atoms with Crippen molar-refractivity contribution >= 4 is 17.6 Å². The van der Waals surface area contributed by atoms with E-state index in [4.69, 9.17) is 4.74 Å². The van der Waals surface area contributed by atoms with Gasteiger partial charge >= 0.3 is 6.03 Å². The maximum atomic E-state index is 13.0. The van der Waals surface area contributed by atoms with Crippen molar-refractivity contribution in [2.45, 2.75) is 12.1 Å². The summed E-state index contributed by atoms with van der Waals surface area (Å²) in [4.78, 5) is 28.4. The van der Waals surface area contributed by atoms with Crippen LogP contribution in [0.15, 0.2) is 48.5 Å². The quantitative estimate of drug-likeness (QED) is 0.855. The van der Waals surface area contributed by atoms with Crippen molar-refractivity contribution in [3.05, 3.63) is 59.9 Å². The minimum atomic E-state index is -0.362. The number of nitrogens with one attached hydrogen (secondary N) is 1. The van der Waals surface area contributed by atoms with Crippen LogP contribution in [0.1, 0.15) is 10.4 Å². The molecule has 0 aliphatic carbocycles. The molecular formula is C19H18FN3O3. The number of hydrogen-bond donors (Lipinski definition) is 1. The van der Waals surface area contributed by atoms with Gasteiger partial charge in [0.1, 0.15) is 17.7 Å². The van der Waals surface area contributed by atoms with Crippen LogP contribution in [0.4, 0.5) is 14.9 Å². The molecule has 0 bridgehead atoms. The van der Waals surface area contributed by atoms with Crippen LogP contribution < -0.4 is 10.1 Å². The lowest BCUT2D eigenvalue weighted by Crippen LogP contribution is -2.44. The zero-order chi connectivity index (χ0) is 18.3. The van der Waals surface area contributed by atoms with E-state index in [0.29, 0.717) is 30.1 Å². The number of hydrogen-bond acceptors (Lipinski definition) is 3. The van der Waals surface area contributed by atoms with Crippen molar-refractivity contribution in [2.75, 3.05) is 25.5 Å². The van der Waals surface area contributed by atoms with Crippen molar-refractivity contribution in [2.24, 2.45) is 0 Å². The lowest BCUT2D eigenvalue weighted by molar-refractivity contribution is 0.0682. The highest BCUT2D eigenvalue weighted by Crippen LogP contribution is 2.30. The topological polar surface area (TPSA) is 61.9 Å². The highest BCUT2D eigenvalue weighted by atomic mass is 19.1. The number of ether oxygens (including phenoxy) is 1. The summed E-state index contributed by atoms with van der Waals surface area (Å²) in [6, 6.07) is 12.2. The highest BCUT2D eigenvalue weighted by Gasteiger charge is 2.43.